The molecule has 0 aliphatic heterocycles. The first-order valence-electron chi connectivity index (χ1n) is 6.62. The zero-order valence-electron chi connectivity index (χ0n) is 11.7. The zero-order chi connectivity index (χ0) is 15.1. The van der Waals surface area contributed by atoms with E-state index in [4.69, 9.17) is 10.5 Å². The number of amides is 1. The van der Waals surface area contributed by atoms with Gasteiger partial charge in [-0.05, 0) is 31.2 Å². The van der Waals surface area contributed by atoms with Crippen molar-refractivity contribution in [2.45, 2.75) is 6.92 Å². The summed E-state index contributed by atoms with van der Waals surface area (Å²) < 4.78 is 5.47. The van der Waals surface area contributed by atoms with E-state index in [-0.39, 0.29) is 5.91 Å². The summed E-state index contributed by atoms with van der Waals surface area (Å²) in [7, 11) is 0. The van der Waals surface area contributed by atoms with Crippen LogP contribution in [-0.2, 0) is 0 Å². The second kappa shape index (κ2) is 7.09. The highest BCUT2D eigenvalue weighted by molar-refractivity contribution is 5.99. The number of carbonyl (C=O) groups is 1. The first-order valence-corrected chi connectivity index (χ1v) is 6.62. The van der Waals surface area contributed by atoms with Crippen LogP contribution in [-0.4, -0.2) is 18.7 Å². The summed E-state index contributed by atoms with van der Waals surface area (Å²) in [6, 6.07) is 14.3. The highest BCUT2D eigenvalue weighted by Gasteiger charge is 2.07. The molecule has 0 saturated carbocycles. The van der Waals surface area contributed by atoms with Crippen LogP contribution in [0.2, 0.25) is 0 Å². The van der Waals surface area contributed by atoms with Gasteiger partial charge in [-0.15, -0.1) is 0 Å². The third-order valence-corrected chi connectivity index (χ3v) is 2.79. The smallest absolute Gasteiger partial charge is 0.273 e. The molecule has 5 nitrogen and oxygen atoms in total. The van der Waals surface area contributed by atoms with Crippen LogP contribution in [0.15, 0.2) is 53.6 Å². The fraction of sp³-hybridized carbons (Fsp3) is 0.125. The molecule has 0 saturated heterocycles. The van der Waals surface area contributed by atoms with Crippen LogP contribution < -0.4 is 15.9 Å². The fourth-order valence-electron chi connectivity index (χ4n) is 1.80. The number of nitrogen functional groups attached to an aromatic ring is 1. The Labute approximate surface area is 123 Å². The van der Waals surface area contributed by atoms with Gasteiger partial charge < -0.3 is 10.5 Å². The predicted octanol–water partition coefficient (Wildman–Crippen LogP) is 2.43. The summed E-state index contributed by atoms with van der Waals surface area (Å²) in [4.78, 5) is 11.9. The number of anilines is 1. The second-order valence-electron chi connectivity index (χ2n) is 4.26. The van der Waals surface area contributed by atoms with Crippen LogP contribution in [0.25, 0.3) is 0 Å². The molecule has 0 heterocycles. The summed E-state index contributed by atoms with van der Waals surface area (Å²) in [6.45, 7) is 2.48. The first kappa shape index (κ1) is 14.6. The lowest BCUT2D eigenvalue weighted by molar-refractivity contribution is 0.0956. The molecule has 0 aromatic heterocycles. The van der Waals surface area contributed by atoms with Gasteiger partial charge in [-0.3, -0.25) is 4.79 Å². The molecule has 0 aliphatic carbocycles. The molecule has 21 heavy (non-hydrogen) atoms. The minimum atomic E-state index is -0.349. The lowest BCUT2D eigenvalue weighted by atomic mass is 10.2. The molecule has 3 N–H and O–H groups in total. The average Bonchev–Trinajstić information content (AvgIpc) is 2.49. The summed E-state index contributed by atoms with van der Waals surface area (Å²) in [6.07, 6.45) is 1.54. The summed E-state index contributed by atoms with van der Waals surface area (Å²) in [5.74, 6) is 0.371. The zero-order valence-corrected chi connectivity index (χ0v) is 11.7. The van der Waals surface area contributed by atoms with E-state index in [1.165, 1.54) is 0 Å². The van der Waals surface area contributed by atoms with Crippen LogP contribution in [0.4, 0.5) is 5.69 Å². The number of nitrogens with one attached hydrogen (secondary N) is 1. The second-order valence-corrected chi connectivity index (χ2v) is 4.26. The monoisotopic (exact) mass is 283 g/mol. The van der Waals surface area contributed by atoms with Gasteiger partial charge in [0.05, 0.1) is 18.4 Å². The molecular weight excluding hydrogens is 266 g/mol. The molecule has 5 heteroatoms. The number of hydrogen-bond donors (Lipinski definition) is 2. The molecule has 0 aliphatic rings. The van der Waals surface area contributed by atoms with Gasteiger partial charge in [0.15, 0.2) is 0 Å². The lowest BCUT2D eigenvalue weighted by Gasteiger charge is -2.06. The number of rotatable bonds is 5. The molecule has 0 spiro atoms. The molecule has 0 bridgehead atoms. The average molecular weight is 283 g/mol. The summed E-state index contributed by atoms with van der Waals surface area (Å²) in [5, 5.41) is 3.94. The highest BCUT2D eigenvalue weighted by atomic mass is 16.5. The molecule has 2 aromatic carbocycles. The minimum absolute atomic E-state index is 0.349. The normalized spacial score (nSPS) is 10.5. The molecule has 0 unspecified atom stereocenters. The Morgan fingerprint density at radius 2 is 1.95 bits per heavy atom. The Hall–Kier alpha value is -2.82. The van der Waals surface area contributed by atoms with E-state index >= 15 is 0 Å². The number of nitrogens with two attached hydrogens (primary N) is 1. The standard InChI is InChI=1S/C16H17N3O2/c1-2-21-15-10-6-3-7-12(15)11-18-19-16(20)13-8-4-5-9-14(13)17/h3-11H,2,17H2,1H3,(H,19,20)/b18-11+. The van der Waals surface area contributed by atoms with Crippen molar-refractivity contribution in [1.82, 2.24) is 5.43 Å². The largest absolute Gasteiger partial charge is 0.493 e. The third kappa shape index (κ3) is 3.82. The Morgan fingerprint density at radius 1 is 1.24 bits per heavy atom. The fourth-order valence-corrected chi connectivity index (χ4v) is 1.80. The quantitative estimate of drug-likeness (QED) is 0.502. The first-order chi connectivity index (χ1) is 10.2. The lowest BCUT2D eigenvalue weighted by Crippen LogP contribution is -2.19. The van der Waals surface area contributed by atoms with Crippen LogP contribution in [0, 0.1) is 0 Å². The number of ether oxygens (including phenoxy) is 1. The molecule has 0 atom stereocenters. The molecular formula is C16H17N3O2. The summed E-state index contributed by atoms with van der Waals surface area (Å²) >= 11 is 0. The van der Waals surface area contributed by atoms with Crippen molar-refractivity contribution in [3.63, 3.8) is 0 Å². The van der Waals surface area contributed by atoms with Gasteiger partial charge in [-0.2, -0.15) is 5.10 Å². The van der Waals surface area contributed by atoms with Gasteiger partial charge in [0, 0.05) is 11.3 Å². The Balaban J connectivity index is 2.06. The number of hydrazone groups is 1. The maximum atomic E-state index is 11.9. The highest BCUT2D eigenvalue weighted by Crippen LogP contribution is 2.15. The Kier molecular flexibility index (Phi) is 4.93. The van der Waals surface area contributed by atoms with Crippen molar-refractivity contribution in [1.29, 1.82) is 0 Å². The SMILES string of the molecule is CCOc1ccccc1/C=N/NC(=O)c1ccccc1N. The maximum absolute atomic E-state index is 11.9. The van der Waals surface area contributed by atoms with Crippen LogP contribution in [0.1, 0.15) is 22.8 Å². The van der Waals surface area contributed by atoms with E-state index in [1.54, 1.807) is 30.5 Å². The van der Waals surface area contributed by atoms with E-state index in [2.05, 4.69) is 10.5 Å². The topological polar surface area (TPSA) is 76.7 Å². The Bertz CT molecular complexity index is 653. The van der Waals surface area contributed by atoms with Gasteiger partial charge in [-0.1, -0.05) is 24.3 Å². The van der Waals surface area contributed by atoms with E-state index < -0.39 is 0 Å². The number of para-hydroxylation sites is 2. The number of benzene rings is 2. The van der Waals surface area contributed by atoms with E-state index in [0.29, 0.717) is 17.9 Å². The van der Waals surface area contributed by atoms with Crippen LogP contribution in [0.3, 0.4) is 0 Å². The van der Waals surface area contributed by atoms with Crippen molar-refractivity contribution >= 4 is 17.8 Å². The summed E-state index contributed by atoms with van der Waals surface area (Å²) in [5.41, 5.74) is 9.79. The third-order valence-electron chi connectivity index (χ3n) is 2.79. The molecule has 1 amide bonds. The number of nitrogens with zero attached hydrogens (tertiary/aromatic N) is 1. The number of hydrogen-bond acceptors (Lipinski definition) is 4. The van der Waals surface area contributed by atoms with E-state index in [0.717, 1.165) is 11.3 Å². The van der Waals surface area contributed by atoms with Crippen molar-refractivity contribution in [2.24, 2.45) is 5.10 Å². The number of carbonyl (C=O) groups excluding carboxylic acids is 1. The molecule has 0 fully saturated rings. The van der Waals surface area contributed by atoms with Crippen LogP contribution >= 0.6 is 0 Å². The van der Waals surface area contributed by atoms with Crippen molar-refractivity contribution in [3.05, 3.63) is 59.7 Å². The molecule has 2 aromatic rings. The van der Waals surface area contributed by atoms with Gasteiger partial charge in [0.1, 0.15) is 5.75 Å². The maximum Gasteiger partial charge on any atom is 0.273 e. The molecule has 0 radical (unpaired) electrons. The van der Waals surface area contributed by atoms with Crippen molar-refractivity contribution in [2.75, 3.05) is 12.3 Å². The minimum Gasteiger partial charge on any atom is -0.493 e. The Morgan fingerprint density at radius 3 is 2.71 bits per heavy atom. The molecule has 2 rings (SSSR count). The van der Waals surface area contributed by atoms with Crippen molar-refractivity contribution in [3.8, 4) is 5.75 Å². The molecule has 108 valence electrons. The van der Waals surface area contributed by atoms with Gasteiger partial charge in [0.25, 0.3) is 5.91 Å². The van der Waals surface area contributed by atoms with E-state index in [9.17, 15) is 4.79 Å². The van der Waals surface area contributed by atoms with Gasteiger partial charge in [-0.25, -0.2) is 5.43 Å². The van der Waals surface area contributed by atoms with Crippen LogP contribution in [0.5, 0.6) is 5.75 Å². The van der Waals surface area contributed by atoms with Gasteiger partial charge >= 0.3 is 0 Å². The van der Waals surface area contributed by atoms with Gasteiger partial charge in [0.2, 0.25) is 0 Å². The van der Waals surface area contributed by atoms with Crippen molar-refractivity contribution < 1.29 is 9.53 Å². The van der Waals surface area contributed by atoms with E-state index in [1.807, 2.05) is 31.2 Å². The predicted molar refractivity (Wildman–Crippen MR) is 83.5 cm³/mol.